The standard InChI is InChI=1S/C12H11BrN4O4/c1-14-10-3-2-8(17(20)21)4-7(10)5-16-6-9(13)11(18)15-12(16)19/h2-4,6,14H,5H2,1H3,(H,15,18,19). The third kappa shape index (κ3) is 3.19. The molecule has 0 radical (unpaired) electrons. The molecule has 2 aromatic rings. The van der Waals surface area contributed by atoms with Gasteiger partial charge in [-0.15, -0.1) is 0 Å². The van der Waals surface area contributed by atoms with Crippen molar-refractivity contribution in [2.75, 3.05) is 12.4 Å². The van der Waals surface area contributed by atoms with Crippen LogP contribution < -0.4 is 16.6 Å². The minimum absolute atomic E-state index is 0.0689. The quantitative estimate of drug-likeness (QED) is 0.635. The second kappa shape index (κ2) is 5.92. The van der Waals surface area contributed by atoms with Crippen molar-refractivity contribution in [3.8, 4) is 0 Å². The first-order valence-electron chi connectivity index (χ1n) is 5.86. The van der Waals surface area contributed by atoms with Crippen LogP contribution in [0.3, 0.4) is 0 Å². The van der Waals surface area contributed by atoms with Crippen LogP contribution in [0.15, 0.2) is 38.5 Å². The first-order valence-corrected chi connectivity index (χ1v) is 6.66. The molecule has 1 heterocycles. The molecular formula is C12H11BrN4O4. The molecule has 0 spiro atoms. The van der Waals surface area contributed by atoms with Crippen molar-refractivity contribution in [3.63, 3.8) is 0 Å². The average Bonchev–Trinajstić information content (AvgIpc) is 2.44. The van der Waals surface area contributed by atoms with Gasteiger partial charge >= 0.3 is 5.69 Å². The topological polar surface area (TPSA) is 110 Å². The Morgan fingerprint density at radius 3 is 2.76 bits per heavy atom. The number of rotatable bonds is 4. The van der Waals surface area contributed by atoms with Crippen LogP contribution in [0.5, 0.6) is 0 Å². The normalized spacial score (nSPS) is 10.4. The fraction of sp³-hybridized carbons (Fsp3) is 0.167. The molecule has 0 unspecified atom stereocenters. The number of aromatic amines is 1. The first-order chi connectivity index (χ1) is 9.92. The van der Waals surface area contributed by atoms with E-state index < -0.39 is 16.2 Å². The zero-order chi connectivity index (χ0) is 15.6. The van der Waals surface area contributed by atoms with Crippen LogP contribution in [0.1, 0.15) is 5.56 Å². The van der Waals surface area contributed by atoms with Crippen LogP contribution >= 0.6 is 15.9 Å². The van der Waals surface area contributed by atoms with Gasteiger partial charge in [0.05, 0.1) is 15.9 Å². The van der Waals surface area contributed by atoms with Gasteiger partial charge < -0.3 is 5.32 Å². The van der Waals surface area contributed by atoms with Crippen LogP contribution in [-0.2, 0) is 6.54 Å². The van der Waals surface area contributed by atoms with E-state index in [0.717, 1.165) is 0 Å². The molecule has 0 saturated heterocycles. The summed E-state index contributed by atoms with van der Waals surface area (Å²) in [6.07, 6.45) is 1.35. The predicted molar refractivity (Wildman–Crippen MR) is 80.8 cm³/mol. The molecule has 0 bridgehead atoms. The molecular weight excluding hydrogens is 344 g/mol. The Labute approximate surface area is 126 Å². The van der Waals surface area contributed by atoms with Crippen molar-refractivity contribution in [3.05, 3.63) is 65.4 Å². The van der Waals surface area contributed by atoms with E-state index in [4.69, 9.17) is 0 Å². The van der Waals surface area contributed by atoms with Gasteiger partial charge in [-0.05, 0) is 22.0 Å². The molecule has 0 aliphatic heterocycles. The first kappa shape index (κ1) is 15.0. The predicted octanol–water partition coefficient (Wildman–Crippen LogP) is 1.30. The van der Waals surface area contributed by atoms with Crippen molar-refractivity contribution in [2.45, 2.75) is 6.54 Å². The molecule has 110 valence electrons. The van der Waals surface area contributed by atoms with E-state index in [1.165, 1.54) is 22.9 Å². The van der Waals surface area contributed by atoms with Gasteiger partial charge in [0, 0.05) is 36.6 Å². The number of benzene rings is 1. The Balaban J connectivity index is 2.50. The molecule has 0 fully saturated rings. The highest BCUT2D eigenvalue weighted by Gasteiger charge is 2.12. The van der Waals surface area contributed by atoms with Crippen LogP contribution in [-0.4, -0.2) is 21.5 Å². The maximum absolute atomic E-state index is 11.7. The van der Waals surface area contributed by atoms with Crippen LogP contribution in [0.2, 0.25) is 0 Å². The summed E-state index contributed by atoms with van der Waals surface area (Å²) in [5, 5.41) is 13.7. The van der Waals surface area contributed by atoms with Crippen molar-refractivity contribution < 1.29 is 4.92 Å². The van der Waals surface area contributed by atoms with E-state index in [2.05, 4.69) is 26.2 Å². The van der Waals surface area contributed by atoms with Crippen molar-refractivity contribution in [1.82, 2.24) is 9.55 Å². The maximum Gasteiger partial charge on any atom is 0.328 e. The van der Waals surface area contributed by atoms with E-state index in [1.807, 2.05) is 0 Å². The van der Waals surface area contributed by atoms with E-state index in [-0.39, 0.29) is 16.7 Å². The van der Waals surface area contributed by atoms with Gasteiger partial charge in [0.25, 0.3) is 11.2 Å². The summed E-state index contributed by atoms with van der Waals surface area (Å²) in [4.78, 5) is 35.5. The highest BCUT2D eigenvalue weighted by Crippen LogP contribution is 2.22. The number of nitrogens with zero attached hydrogens (tertiary/aromatic N) is 2. The third-order valence-corrected chi connectivity index (χ3v) is 3.44. The van der Waals surface area contributed by atoms with Gasteiger partial charge in [-0.1, -0.05) is 0 Å². The summed E-state index contributed by atoms with van der Waals surface area (Å²) in [6, 6.07) is 4.33. The summed E-state index contributed by atoms with van der Waals surface area (Å²) >= 11 is 3.04. The summed E-state index contributed by atoms with van der Waals surface area (Å²) in [5.74, 6) is 0. The lowest BCUT2D eigenvalue weighted by molar-refractivity contribution is -0.384. The SMILES string of the molecule is CNc1ccc([N+](=O)[O-])cc1Cn1cc(Br)c(=O)[nH]c1=O. The second-order valence-corrected chi connectivity index (χ2v) is 5.07. The lowest BCUT2D eigenvalue weighted by atomic mass is 10.1. The van der Waals surface area contributed by atoms with Gasteiger partial charge in [0.2, 0.25) is 0 Å². The zero-order valence-electron chi connectivity index (χ0n) is 10.9. The summed E-state index contributed by atoms with van der Waals surface area (Å²) < 4.78 is 1.46. The number of nitro benzene ring substituents is 1. The molecule has 21 heavy (non-hydrogen) atoms. The smallest absolute Gasteiger partial charge is 0.328 e. The number of nitro groups is 1. The van der Waals surface area contributed by atoms with Gasteiger partial charge in [0.15, 0.2) is 0 Å². The van der Waals surface area contributed by atoms with Crippen LogP contribution in [0, 0.1) is 10.1 Å². The second-order valence-electron chi connectivity index (χ2n) is 4.21. The molecule has 2 N–H and O–H groups in total. The fourth-order valence-corrected chi connectivity index (χ4v) is 2.20. The zero-order valence-corrected chi connectivity index (χ0v) is 12.5. The number of non-ortho nitro benzene ring substituents is 1. The Bertz CT molecular complexity index is 812. The van der Waals surface area contributed by atoms with Crippen molar-refractivity contribution >= 4 is 27.3 Å². The minimum atomic E-state index is -0.586. The maximum atomic E-state index is 11.7. The van der Waals surface area contributed by atoms with E-state index in [1.54, 1.807) is 13.1 Å². The Morgan fingerprint density at radius 1 is 1.43 bits per heavy atom. The van der Waals surface area contributed by atoms with Gasteiger partial charge in [-0.25, -0.2) is 4.79 Å². The number of hydrogen-bond donors (Lipinski definition) is 2. The van der Waals surface area contributed by atoms with Gasteiger partial charge in [-0.3, -0.25) is 24.5 Å². The van der Waals surface area contributed by atoms with E-state index >= 15 is 0 Å². The molecule has 0 aliphatic carbocycles. The molecule has 0 saturated carbocycles. The lowest BCUT2D eigenvalue weighted by Crippen LogP contribution is -2.30. The molecule has 1 aromatic heterocycles. The molecule has 9 heteroatoms. The number of H-pyrrole nitrogens is 1. The molecule has 0 aliphatic rings. The third-order valence-electron chi connectivity index (χ3n) is 2.88. The number of halogens is 1. The number of aromatic nitrogens is 2. The van der Waals surface area contributed by atoms with E-state index in [0.29, 0.717) is 11.3 Å². The van der Waals surface area contributed by atoms with Crippen LogP contribution in [0.25, 0.3) is 0 Å². The fourth-order valence-electron chi connectivity index (χ4n) is 1.85. The van der Waals surface area contributed by atoms with Gasteiger partial charge in [-0.2, -0.15) is 0 Å². The average molecular weight is 355 g/mol. The molecule has 8 nitrogen and oxygen atoms in total. The lowest BCUT2D eigenvalue weighted by Gasteiger charge is -2.10. The van der Waals surface area contributed by atoms with Crippen LogP contribution in [0.4, 0.5) is 11.4 Å². The van der Waals surface area contributed by atoms with E-state index in [9.17, 15) is 19.7 Å². The summed E-state index contributed by atoms with van der Waals surface area (Å²) in [5.41, 5.74) is 0.0454. The molecule has 2 rings (SSSR count). The molecule has 0 atom stereocenters. The van der Waals surface area contributed by atoms with Crippen molar-refractivity contribution in [1.29, 1.82) is 0 Å². The highest BCUT2D eigenvalue weighted by molar-refractivity contribution is 9.10. The number of anilines is 1. The molecule has 0 amide bonds. The Kier molecular flexibility index (Phi) is 4.22. The summed E-state index contributed by atoms with van der Waals surface area (Å²) in [6.45, 7) is 0.0894. The van der Waals surface area contributed by atoms with Gasteiger partial charge in [0.1, 0.15) is 0 Å². The Hall–Kier alpha value is -2.42. The van der Waals surface area contributed by atoms with Crippen molar-refractivity contribution in [2.24, 2.45) is 0 Å². The minimum Gasteiger partial charge on any atom is -0.388 e. The summed E-state index contributed by atoms with van der Waals surface area (Å²) in [7, 11) is 1.68. The number of hydrogen-bond acceptors (Lipinski definition) is 5. The highest BCUT2D eigenvalue weighted by atomic mass is 79.9. The monoisotopic (exact) mass is 354 g/mol. The number of nitrogens with one attached hydrogen (secondary N) is 2. The molecule has 1 aromatic carbocycles. The largest absolute Gasteiger partial charge is 0.388 e. The Morgan fingerprint density at radius 2 is 2.14 bits per heavy atom.